The maximum atomic E-state index is 13.2. The number of aromatic nitrogens is 2. The zero-order chi connectivity index (χ0) is 20.9. The smallest absolute Gasteiger partial charge is 0.229 e. The van der Waals surface area contributed by atoms with Crippen molar-refractivity contribution in [3.05, 3.63) is 83.9 Å². The van der Waals surface area contributed by atoms with Gasteiger partial charge in [0.1, 0.15) is 5.82 Å². The minimum Gasteiger partial charge on any atom is -0.284 e. The van der Waals surface area contributed by atoms with Crippen molar-refractivity contribution < 1.29 is 9.18 Å². The van der Waals surface area contributed by atoms with Crippen LogP contribution in [-0.2, 0) is 11.3 Å². The number of hydrogen-bond donors (Lipinski definition) is 0. The maximum Gasteiger partial charge on any atom is 0.229 e. The molecule has 2 heterocycles. The molecule has 0 spiro atoms. The average molecular weight is 438 g/mol. The van der Waals surface area contributed by atoms with Crippen molar-refractivity contribution in [1.29, 1.82) is 0 Å². The number of pyridine rings is 1. The standard InChI is InChI=1S/C23H20FN3OS2/c1-16-4-2-6-20-22(16)26-23(30-20)27(15-17-5-3-12-25-14-17)21(28)11-13-29-19-9-7-18(24)8-10-19/h2-10,12,14H,11,13,15H2,1H3. The second-order valence-corrected chi connectivity index (χ2v) is 8.99. The molecule has 0 atom stereocenters. The lowest BCUT2D eigenvalue weighted by Crippen LogP contribution is -2.30. The van der Waals surface area contributed by atoms with E-state index in [1.165, 1.54) is 23.5 Å². The van der Waals surface area contributed by atoms with Crippen LogP contribution in [0.5, 0.6) is 0 Å². The van der Waals surface area contributed by atoms with Crippen molar-refractivity contribution in [3.63, 3.8) is 0 Å². The van der Waals surface area contributed by atoms with Gasteiger partial charge in [-0.25, -0.2) is 9.37 Å². The van der Waals surface area contributed by atoms with E-state index in [2.05, 4.69) is 4.98 Å². The molecule has 7 heteroatoms. The molecule has 0 saturated carbocycles. The van der Waals surface area contributed by atoms with E-state index in [4.69, 9.17) is 4.98 Å². The number of rotatable bonds is 7. The Balaban J connectivity index is 1.53. The lowest BCUT2D eigenvalue weighted by Gasteiger charge is -2.20. The highest BCUT2D eigenvalue weighted by molar-refractivity contribution is 7.99. The third kappa shape index (κ3) is 4.86. The first-order chi connectivity index (χ1) is 14.6. The zero-order valence-corrected chi connectivity index (χ0v) is 18.0. The molecule has 4 aromatic rings. The highest BCUT2D eigenvalue weighted by Crippen LogP contribution is 2.32. The Morgan fingerprint density at radius 2 is 1.97 bits per heavy atom. The first-order valence-corrected chi connectivity index (χ1v) is 11.3. The fourth-order valence-electron chi connectivity index (χ4n) is 3.05. The molecule has 0 aliphatic heterocycles. The van der Waals surface area contributed by atoms with Crippen LogP contribution in [0.1, 0.15) is 17.5 Å². The van der Waals surface area contributed by atoms with Gasteiger partial charge in [-0.2, -0.15) is 0 Å². The lowest BCUT2D eigenvalue weighted by atomic mass is 10.2. The van der Waals surface area contributed by atoms with E-state index in [1.54, 1.807) is 41.2 Å². The van der Waals surface area contributed by atoms with Gasteiger partial charge in [-0.3, -0.25) is 14.7 Å². The lowest BCUT2D eigenvalue weighted by molar-refractivity contribution is -0.118. The summed E-state index contributed by atoms with van der Waals surface area (Å²) in [5.74, 6) is 0.354. The third-order valence-corrected chi connectivity index (χ3v) is 6.66. The molecular formula is C23H20FN3OS2. The van der Waals surface area contributed by atoms with Gasteiger partial charge in [-0.1, -0.05) is 29.5 Å². The number of carbonyl (C=O) groups is 1. The zero-order valence-electron chi connectivity index (χ0n) is 16.4. The molecule has 0 saturated heterocycles. The van der Waals surface area contributed by atoms with E-state index in [9.17, 15) is 9.18 Å². The van der Waals surface area contributed by atoms with Crippen molar-refractivity contribution >= 4 is 44.4 Å². The van der Waals surface area contributed by atoms with Crippen LogP contribution in [0.3, 0.4) is 0 Å². The van der Waals surface area contributed by atoms with Crippen molar-refractivity contribution in [2.45, 2.75) is 24.8 Å². The average Bonchev–Trinajstić information content (AvgIpc) is 3.19. The van der Waals surface area contributed by atoms with E-state index < -0.39 is 0 Å². The van der Waals surface area contributed by atoms with Gasteiger partial charge in [-0.05, 0) is 54.4 Å². The molecule has 0 aliphatic carbocycles. The number of amides is 1. The quantitative estimate of drug-likeness (QED) is 0.340. The molecule has 4 nitrogen and oxygen atoms in total. The molecule has 30 heavy (non-hydrogen) atoms. The Kier molecular flexibility index (Phi) is 6.40. The Bertz CT molecular complexity index is 1150. The summed E-state index contributed by atoms with van der Waals surface area (Å²) in [5, 5.41) is 0.694. The summed E-state index contributed by atoms with van der Waals surface area (Å²) in [4.78, 5) is 24.8. The third-order valence-electron chi connectivity index (χ3n) is 4.60. The van der Waals surface area contributed by atoms with Crippen molar-refractivity contribution in [1.82, 2.24) is 9.97 Å². The fraction of sp³-hybridized carbons (Fsp3) is 0.174. The van der Waals surface area contributed by atoms with Crippen LogP contribution >= 0.6 is 23.1 Å². The van der Waals surface area contributed by atoms with Crippen molar-refractivity contribution in [2.75, 3.05) is 10.7 Å². The summed E-state index contributed by atoms with van der Waals surface area (Å²) >= 11 is 3.06. The van der Waals surface area contributed by atoms with E-state index >= 15 is 0 Å². The molecule has 2 aromatic heterocycles. The second kappa shape index (κ2) is 9.36. The number of halogens is 1. The molecule has 152 valence electrons. The Morgan fingerprint density at radius 1 is 1.13 bits per heavy atom. The number of thioether (sulfide) groups is 1. The number of nitrogens with zero attached hydrogens (tertiary/aromatic N) is 3. The van der Waals surface area contributed by atoms with Crippen molar-refractivity contribution in [2.24, 2.45) is 0 Å². The van der Waals surface area contributed by atoms with Crippen LogP contribution in [0.25, 0.3) is 10.2 Å². The predicted molar refractivity (Wildman–Crippen MR) is 122 cm³/mol. The van der Waals surface area contributed by atoms with Crippen LogP contribution < -0.4 is 4.90 Å². The fourth-order valence-corrected chi connectivity index (χ4v) is 4.95. The first kappa shape index (κ1) is 20.5. The monoisotopic (exact) mass is 437 g/mol. The predicted octanol–water partition coefficient (Wildman–Crippen LogP) is 5.85. The van der Waals surface area contributed by atoms with Crippen LogP contribution in [0.15, 0.2) is 71.9 Å². The molecule has 0 fully saturated rings. The highest BCUT2D eigenvalue weighted by atomic mass is 32.2. The normalized spacial score (nSPS) is 11.0. The topological polar surface area (TPSA) is 46.1 Å². The van der Waals surface area contributed by atoms with Crippen LogP contribution in [0.2, 0.25) is 0 Å². The number of anilines is 1. The summed E-state index contributed by atoms with van der Waals surface area (Å²) in [7, 11) is 0. The van der Waals surface area contributed by atoms with Gasteiger partial charge >= 0.3 is 0 Å². The number of aryl methyl sites for hydroxylation is 1. The molecule has 0 unspecified atom stereocenters. The number of thiazole rings is 1. The van der Waals surface area contributed by atoms with Gasteiger partial charge in [0, 0.05) is 29.5 Å². The minimum absolute atomic E-state index is 0.00479. The molecule has 0 aliphatic rings. The van der Waals surface area contributed by atoms with Gasteiger partial charge < -0.3 is 0 Å². The number of hydrogen-bond acceptors (Lipinski definition) is 5. The molecule has 0 bridgehead atoms. The summed E-state index contributed by atoms with van der Waals surface area (Å²) in [6.45, 7) is 2.45. The summed E-state index contributed by atoms with van der Waals surface area (Å²) in [5.41, 5.74) is 2.98. The van der Waals surface area contributed by atoms with Crippen LogP contribution in [0, 0.1) is 12.7 Å². The van der Waals surface area contributed by atoms with Crippen LogP contribution in [-0.4, -0.2) is 21.6 Å². The molecule has 1 amide bonds. The summed E-state index contributed by atoms with van der Waals surface area (Å²) in [6.07, 6.45) is 3.85. The Hall–Kier alpha value is -2.77. The highest BCUT2D eigenvalue weighted by Gasteiger charge is 2.20. The second-order valence-electron chi connectivity index (χ2n) is 6.81. The molecule has 0 N–H and O–H groups in total. The largest absolute Gasteiger partial charge is 0.284 e. The number of fused-ring (bicyclic) bond motifs is 1. The maximum absolute atomic E-state index is 13.2. The Labute approximate surface area is 182 Å². The molecule has 0 radical (unpaired) electrons. The van der Waals surface area contributed by atoms with Crippen LogP contribution in [0.4, 0.5) is 9.52 Å². The SMILES string of the molecule is Cc1cccc2sc(N(Cc3cccnc3)C(=O)CCSc3ccc(F)cc3)nc12. The molecule has 4 rings (SSSR count). The van der Waals surface area contributed by atoms with Gasteiger partial charge in [0.2, 0.25) is 5.91 Å². The first-order valence-electron chi connectivity index (χ1n) is 9.54. The minimum atomic E-state index is -0.260. The van der Waals surface area contributed by atoms with Gasteiger partial charge in [0.05, 0.1) is 16.8 Å². The van der Waals surface area contributed by atoms with Gasteiger partial charge in [0.15, 0.2) is 5.13 Å². The van der Waals surface area contributed by atoms with Gasteiger partial charge in [-0.15, -0.1) is 11.8 Å². The number of carbonyl (C=O) groups excluding carboxylic acids is 1. The van der Waals surface area contributed by atoms with E-state index in [1.807, 2.05) is 37.3 Å². The molecular weight excluding hydrogens is 417 g/mol. The number of benzene rings is 2. The van der Waals surface area contributed by atoms with Gasteiger partial charge in [0.25, 0.3) is 0 Å². The van der Waals surface area contributed by atoms with E-state index in [0.29, 0.717) is 23.8 Å². The number of para-hydroxylation sites is 1. The van der Waals surface area contributed by atoms with E-state index in [-0.39, 0.29) is 11.7 Å². The van der Waals surface area contributed by atoms with E-state index in [0.717, 1.165) is 26.2 Å². The molecule has 2 aromatic carbocycles. The summed E-state index contributed by atoms with van der Waals surface area (Å²) < 4.78 is 14.1. The summed E-state index contributed by atoms with van der Waals surface area (Å²) in [6, 6.07) is 16.2. The Morgan fingerprint density at radius 3 is 2.70 bits per heavy atom. The van der Waals surface area contributed by atoms with Crippen molar-refractivity contribution in [3.8, 4) is 0 Å².